The highest BCUT2D eigenvalue weighted by Crippen LogP contribution is 2.46. The highest BCUT2D eigenvalue weighted by Gasteiger charge is 2.24. The molecule has 0 unspecified atom stereocenters. The van der Waals surface area contributed by atoms with E-state index in [4.69, 9.17) is 10.3 Å². The number of hydrogen-bond acceptors (Lipinski definition) is 14. The number of nitrogens with two attached hydrogens (primary N) is 1. The van der Waals surface area contributed by atoms with Gasteiger partial charge >= 0.3 is 17.9 Å². The quantitative estimate of drug-likeness (QED) is 0.0197. The molecule has 0 saturated carbocycles. The van der Waals surface area contributed by atoms with Gasteiger partial charge in [-0.2, -0.15) is 0 Å². The van der Waals surface area contributed by atoms with Crippen molar-refractivity contribution >= 4 is 94.4 Å². The average molecular weight is 836 g/mol. The van der Waals surface area contributed by atoms with Gasteiger partial charge in [0, 0.05) is 32.2 Å². The molecule has 1 fully saturated rings. The van der Waals surface area contributed by atoms with Crippen LogP contribution in [0.5, 0.6) is 0 Å². The molecule has 0 spiro atoms. The Morgan fingerprint density at radius 2 is 1.08 bits per heavy atom. The lowest BCUT2D eigenvalue weighted by molar-refractivity contribution is -0.144. The van der Waals surface area contributed by atoms with Crippen LogP contribution in [-0.2, 0) is 24.0 Å². The van der Waals surface area contributed by atoms with Gasteiger partial charge in [-0.1, -0.05) is 142 Å². The molecule has 1 saturated heterocycles. The number of nitrogens with one attached hydrogen (secondary N) is 2. The summed E-state index contributed by atoms with van der Waals surface area (Å²) in [4.78, 5) is 58.8. The summed E-state index contributed by atoms with van der Waals surface area (Å²) in [6.45, 7) is 0.397. The van der Waals surface area contributed by atoms with Gasteiger partial charge in [0.1, 0.15) is 16.5 Å². The van der Waals surface area contributed by atoms with Gasteiger partial charge < -0.3 is 25.8 Å². The van der Waals surface area contributed by atoms with Crippen molar-refractivity contribution in [2.24, 2.45) is 11.8 Å². The van der Waals surface area contributed by atoms with E-state index < -0.39 is 29.9 Å². The summed E-state index contributed by atoms with van der Waals surface area (Å²) >= 11 is 0. The number of aliphatic carboxylic acids is 3. The van der Waals surface area contributed by atoms with E-state index in [1.165, 1.54) is 44.9 Å². The summed E-state index contributed by atoms with van der Waals surface area (Å²) in [7, 11) is 10.3. The van der Waals surface area contributed by atoms with Crippen LogP contribution in [0.1, 0.15) is 141 Å². The van der Waals surface area contributed by atoms with Crippen LogP contribution < -0.4 is 16.5 Å². The van der Waals surface area contributed by atoms with Crippen LogP contribution in [0, 0.1) is 5.92 Å². The average Bonchev–Trinajstić information content (AvgIpc) is 3.23. The SMILES string of the molecule is NO.O=C(O)CCCCCCCCCCCCCCCCC(=O)C[C@@H](CCC(=O)NCCCC[C@H](NC1SSCSSCSS1)C(=O)O)C(=O)O. The second-order valence-electron chi connectivity index (χ2n) is 12.3. The normalized spacial score (nSPS) is 14.9. The van der Waals surface area contributed by atoms with Crippen molar-refractivity contribution in [2.45, 2.75) is 152 Å². The molecule has 12 nitrogen and oxygen atoms in total. The molecule has 8 N–H and O–H groups in total. The molecule has 51 heavy (non-hydrogen) atoms. The van der Waals surface area contributed by atoms with Crippen LogP contribution in [-0.4, -0.2) is 77.6 Å². The molecule has 298 valence electrons. The fourth-order valence-corrected chi connectivity index (χ4v) is 15.7. The number of hydrogen-bond donors (Lipinski definition) is 7. The molecule has 1 rings (SSSR count). The maximum Gasteiger partial charge on any atom is 0.320 e. The number of Topliss-reactive ketones (excluding diaryl/α,β-unsaturated/α-hetero) is 1. The van der Waals surface area contributed by atoms with E-state index in [2.05, 4.69) is 16.5 Å². The van der Waals surface area contributed by atoms with Crippen LogP contribution >= 0.6 is 64.8 Å². The first-order valence-corrected chi connectivity index (χ1v) is 25.2. The molecule has 0 radical (unpaired) electrons. The van der Waals surface area contributed by atoms with Crippen molar-refractivity contribution < 1.29 is 44.5 Å². The minimum Gasteiger partial charge on any atom is -0.481 e. The minimum absolute atomic E-state index is 0.0206. The van der Waals surface area contributed by atoms with E-state index in [-0.39, 0.29) is 42.1 Å². The molecule has 0 bridgehead atoms. The zero-order chi connectivity index (χ0) is 38.0. The van der Waals surface area contributed by atoms with Crippen molar-refractivity contribution in [3.8, 4) is 0 Å². The van der Waals surface area contributed by atoms with E-state index in [1.54, 1.807) is 64.8 Å². The maximum atomic E-state index is 12.4. The zero-order valence-corrected chi connectivity index (χ0v) is 34.7. The fraction of sp³-hybridized carbons (Fsp3) is 0.848. The molecule has 18 heteroatoms. The van der Waals surface area contributed by atoms with Crippen molar-refractivity contribution in [3.63, 3.8) is 0 Å². The van der Waals surface area contributed by atoms with Crippen molar-refractivity contribution in [2.75, 3.05) is 16.7 Å². The molecule has 1 aliphatic rings. The number of amides is 1. The monoisotopic (exact) mass is 835 g/mol. The lowest BCUT2D eigenvalue weighted by Crippen LogP contribution is -2.40. The highest BCUT2D eigenvalue weighted by atomic mass is 33.2. The Hall–Kier alpha value is -0.470. The Bertz CT molecular complexity index is 933. The second-order valence-corrected chi connectivity index (χ2v) is 20.7. The molecule has 1 amide bonds. The van der Waals surface area contributed by atoms with Crippen molar-refractivity contribution in [1.82, 2.24) is 10.6 Å². The van der Waals surface area contributed by atoms with Crippen molar-refractivity contribution in [3.05, 3.63) is 0 Å². The van der Waals surface area contributed by atoms with Crippen LogP contribution in [0.3, 0.4) is 0 Å². The summed E-state index contributed by atoms with van der Waals surface area (Å²) in [6, 6.07) is -0.663. The Morgan fingerprint density at radius 3 is 1.55 bits per heavy atom. The maximum absolute atomic E-state index is 12.4. The van der Waals surface area contributed by atoms with Gasteiger partial charge in [0.05, 0.1) is 16.1 Å². The number of carbonyl (C=O) groups excluding carboxylic acids is 2. The number of unbranched alkanes of at least 4 members (excludes halogenated alkanes) is 14. The zero-order valence-electron chi connectivity index (χ0n) is 29.8. The molecule has 0 aromatic heterocycles. The predicted octanol–water partition coefficient (Wildman–Crippen LogP) is 8.77. The molecule has 1 heterocycles. The van der Waals surface area contributed by atoms with Gasteiger partial charge in [-0.25, -0.2) is 5.90 Å². The molecule has 0 aromatic rings. The molecule has 0 aromatic carbocycles. The molecular formula is C33H61N3O9S6. The van der Waals surface area contributed by atoms with E-state index >= 15 is 0 Å². The molecule has 0 aliphatic carbocycles. The van der Waals surface area contributed by atoms with Gasteiger partial charge in [0.15, 0.2) is 0 Å². The largest absolute Gasteiger partial charge is 0.481 e. The number of ketones is 1. The first kappa shape index (κ1) is 50.5. The van der Waals surface area contributed by atoms with E-state index in [9.17, 15) is 34.2 Å². The van der Waals surface area contributed by atoms with Gasteiger partial charge in [-0.05, 0) is 38.5 Å². The van der Waals surface area contributed by atoms with E-state index in [1.807, 2.05) is 0 Å². The minimum atomic E-state index is -1.05. The van der Waals surface area contributed by atoms with Gasteiger partial charge in [-0.3, -0.25) is 29.3 Å². The Morgan fingerprint density at radius 1 is 0.588 bits per heavy atom. The summed E-state index contributed by atoms with van der Waals surface area (Å²) in [5.41, 5.74) is 0. The third-order valence-corrected chi connectivity index (χ3v) is 17.9. The number of carboxylic acids is 3. The molecular weight excluding hydrogens is 775 g/mol. The Balaban J connectivity index is 0.0000123. The number of carbonyl (C=O) groups is 5. The Labute approximate surface area is 328 Å². The second kappa shape index (κ2) is 36.5. The first-order chi connectivity index (χ1) is 24.7. The topological polar surface area (TPSA) is 216 Å². The lowest BCUT2D eigenvalue weighted by Gasteiger charge is -2.21. The van der Waals surface area contributed by atoms with Gasteiger partial charge in [0.25, 0.3) is 0 Å². The summed E-state index contributed by atoms with van der Waals surface area (Å²) in [5.74, 6) is -0.303. The summed E-state index contributed by atoms with van der Waals surface area (Å²) < 4.78 is -0.0206. The predicted molar refractivity (Wildman–Crippen MR) is 218 cm³/mol. The van der Waals surface area contributed by atoms with Crippen molar-refractivity contribution in [1.29, 1.82) is 0 Å². The van der Waals surface area contributed by atoms with Gasteiger partial charge in [-0.15, -0.1) is 0 Å². The first-order valence-electron chi connectivity index (χ1n) is 18.0. The van der Waals surface area contributed by atoms with E-state index in [0.29, 0.717) is 32.2 Å². The standard InChI is InChI=1S/C33H58N2O8S6.H3NO/c36-27(17-13-11-9-7-5-3-1-2-4-6-8-10-12-14-19-30(38)39)23-26(31(40)41)20-21-29(37)34-22-16-15-18-28(32(42)43)35-33-48-46-24-44-45-25-47-49-33;1-2/h26,28,33,35H,1-25H2,(H,34,37)(H,38,39)(H,40,41)(H,42,43);2H,1H2/t26-,28+;/m1./s1. The van der Waals surface area contributed by atoms with Crippen LogP contribution in [0.2, 0.25) is 0 Å². The molecule has 1 aliphatic heterocycles. The highest BCUT2D eigenvalue weighted by molar-refractivity contribution is 8.92. The summed E-state index contributed by atoms with van der Waals surface area (Å²) in [6.07, 6.45) is 17.9. The van der Waals surface area contributed by atoms with Gasteiger partial charge in [0.2, 0.25) is 5.91 Å². The Kier molecular flexibility index (Phi) is 36.2. The third kappa shape index (κ3) is 32.7. The number of rotatable bonds is 31. The third-order valence-electron chi connectivity index (χ3n) is 8.10. The smallest absolute Gasteiger partial charge is 0.320 e. The summed E-state index contributed by atoms with van der Waals surface area (Å²) in [5, 5.41) is 42.3. The van der Waals surface area contributed by atoms with E-state index in [0.717, 1.165) is 55.1 Å². The molecule has 2 atom stereocenters. The van der Waals surface area contributed by atoms with Crippen LogP contribution in [0.15, 0.2) is 0 Å². The van der Waals surface area contributed by atoms with Crippen LogP contribution in [0.4, 0.5) is 0 Å². The van der Waals surface area contributed by atoms with Crippen LogP contribution in [0.25, 0.3) is 0 Å². The fourth-order valence-electron chi connectivity index (χ4n) is 5.30. The number of carboxylic acid groups (broad SMARTS) is 3. The lowest BCUT2D eigenvalue weighted by atomic mass is 9.94.